The minimum absolute atomic E-state index is 0.0523. The van der Waals surface area contributed by atoms with Gasteiger partial charge in [-0.2, -0.15) is 5.26 Å². The fourth-order valence-corrected chi connectivity index (χ4v) is 11.2. The van der Waals surface area contributed by atoms with Crippen LogP contribution in [-0.4, -0.2) is 84.6 Å². The lowest BCUT2D eigenvalue weighted by molar-refractivity contribution is -0.0928. The Morgan fingerprint density at radius 1 is 0.778 bits per heavy atom. The van der Waals surface area contributed by atoms with Crippen molar-refractivity contribution in [2.24, 2.45) is 0 Å². The predicted molar refractivity (Wildman–Crippen MR) is 284 cm³/mol. The van der Waals surface area contributed by atoms with E-state index >= 15 is 0 Å². The maximum atomic E-state index is 14.1. The number of H-pyrrole nitrogens is 1. The molecule has 1 unspecified atom stereocenters. The van der Waals surface area contributed by atoms with Crippen LogP contribution in [0.3, 0.4) is 0 Å². The Kier molecular flexibility index (Phi) is 24.8. The summed E-state index contributed by atoms with van der Waals surface area (Å²) in [7, 11) is 1.32. The van der Waals surface area contributed by atoms with Crippen LogP contribution in [0.5, 0.6) is 11.5 Å². The highest BCUT2D eigenvalue weighted by Gasteiger charge is 2.51. The lowest BCUT2D eigenvalue weighted by atomic mass is 9.80. The number of nitrogens with zero attached hydrogens (tertiary/aromatic N) is 3. The molecule has 1 aliphatic rings. The number of carbonyl (C=O) groups excluding carboxylic acids is 1. The fraction of sp³-hybridized carbons (Fsp3) is 0.571. The molecule has 394 valence electrons. The first-order valence-corrected chi connectivity index (χ1v) is 27.3. The maximum absolute atomic E-state index is 14.1. The second kappa shape index (κ2) is 30.8. The van der Waals surface area contributed by atoms with Crippen LogP contribution in [0.25, 0.3) is 0 Å². The molecular weight excluding hydrogens is 932 g/mol. The van der Waals surface area contributed by atoms with Crippen molar-refractivity contribution in [3.8, 4) is 17.6 Å². The van der Waals surface area contributed by atoms with Gasteiger partial charge in [0.05, 0.1) is 39.9 Å². The van der Waals surface area contributed by atoms with E-state index in [1.165, 1.54) is 87.5 Å². The quantitative estimate of drug-likeness (QED) is 0.0235. The minimum Gasteiger partial charge on any atom is -0.497 e. The molecule has 0 radical (unpaired) electrons. The molecular formula is C56H81N6O9P. The molecule has 15 nitrogen and oxygen atoms in total. The van der Waals surface area contributed by atoms with Crippen molar-refractivity contribution in [2.75, 3.05) is 34.0 Å². The van der Waals surface area contributed by atoms with Gasteiger partial charge in [0.2, 0.25) is 0 Å². The largest absolute Gasteiger partial charge is 0.497 e. The number of rotatable bonds is 33. The Morgan fingerprint density at radius 2 is 1.31 bits per heavy atom. The monoisotopic (exact) mass is 1010 g/mol. The summed E-state index contributed by atoms with van der Waals surface area (Å²) < 4.78 is 42.4. The van der Waals surface area contributed by atoms with Gasteiger partial charge in [-0.15, -0.1) is 0 Å². The molecule has 0 saturated carbocycles. The lowest BCUT2D eigenvalue weighted by Gasteiger charge is -2.39. The van der Waals surface area contributed by atoms with Crippen molar-refractivity contribution >= 4 is 14.6 Å². The van der Waals surface area contributed by atoms with Crippen molar-refractivity contribution < 1.29 is 32.8 Å². The van der Waals surface area contributed by atoms with E-state index in [1.54, 1.807) is 14.2 Å². The number of carbonyl (C=O) groups is 1. The Morgan fingerprint density at radius 3 is 1.81 bits per heavy atom. The van der Waals surface area contributed by atoms with Crippen molar-refractivity contribution in [1.82, 2.24) is 24.9 Å². The molecule has 72 heavy (non-hydrogen) atoms. The predicted octanol–water partition coefficient (Wildman–Crippen LogP) is 11.3. The average molecular weight is 1010 g/mol. The molecule has 2 amide bonds. The zero-order valence-electron chi connectivity index (χ0n) is 43.8. The van der Waals surface area contributed by atoms with Crippen molar-refractivity contribution in [3.63, 3.8) is 0 Å². The number of unbranched alkanes of at least 4 members (excludes halogenated alkanes) is 13. The topological polar surface area (TPSA) is 178 Å². The third-order valence-corrected chi connectivity index (χ3v) is 15.2. The van der Waals surface area contributed by atoms with Crippen LogP contribution in [0.15, 0.2) is 101 Å². The van der Waals surface area contributed by atoms with Crippen molar-refractivity contribution in [1.29, 1.82) is 5.26 Å². The molecule has 16 heteroatoms. The number of methoxy groups -OCH3 is 2. The zero-order chi connectivity index (χ0) is 51.7. The normalized spacial score (nSPS) is 17.3. The summed E-state index contributed by atoms with van der Waals surface area (Å²) in [5.41, 5.74) is -0.179. The highest BCUT2D eigenvalue weighted by Crippen LogP contribution is 2.51. The van der Waals surface area contributed by atoms with Gasteiger partial charge in [-0.1, -0.05) is 145 Å². The SMILES string of the molecule is CCCCCCCCCCCCCCCCNC(=O)N[C@@H]1[C@H](OP(OCCC#N)N(C(C)C)C(C)C)[C@@H](COC(c2ccccc2)(c2ccc(OC)cc2)c2ccc(OC)cc2)O[C@H]1n1ccc(=O)[nH]c1=O. The van der Waals surface area contributed by atoms with Gasteiger partial charge in [0, 0.05) is 30.9 Å². The first-order valence-electron chi connectivity index (χ1n) is 26.2. The molecule has 3 aromatic carbocycles. The maximum Gasteiger partial charge on any atom is 0.330 e. The second-order valence-electron chi connectivity index (χ2n) is 19.0. The number of hydrogen-bond acceptors (Lipinski definition) is 11. The summed E-state index contributed by atoms with van der Waals surface area (Å²) in [4.78, 5) is 42.6. The number of amides is 2. The van der Waals surface area contributed by atoms with Crippen LogP contribution >= 0.6 is 8.53 Å². The highest BCUT2D eigenvalue weighted by molar-refractivity contribution is 7.44. The molecule has 5 rings (SSSR count). The van der Waals surface area contributed by atoms with Gasteiger partial charge in [-0.3, -0.25) is 14.3 Å². The third kappa shape index (κ3) is 16.7. The number of aromatic nitrogens is 2. The second-order valence-corrected chi connectivity index (χ2v) is 20.4. The summed E-state index contributed by atoms with van der Waals surface area (Å²) in [6.45, 7) is 10.8. The van der Waals surface area contributed by atoms with Crippen LogP contribution < -0.4 is 31.4 Å². The summed E-state index contributed by atoms with van der Waals surface area (Å²) in [6, 6.07) is 27.0. The van der Waals surface area contributed by atoms with Gasteiger partial charge >= 0.3 is 11.7 Å². The molecule has 1 fully saturated rings. The van der Waals surface area contributed by atoms with Gasteiger partial charge in [-0.05, 0) is 75.1 Å². The smallest absolute Gasteiger partial charge is 0.330 e. The van der Waals surface area contributed by atoms with Crippen LogP contribution in [0, 0.1) is 11.3 Å². The number of urea groups is 1. The number of ether oxygens (including phenoxy) is 4. The minimum atomic E-state index is -1.91. The molecule has 1 saturated heterocycles. The van der Waals surface area contributed by atoms with Crippen molar-refractivity contribution in [2.45, 2.75) is 173 Å². The summed E-state index contributed by atoms with van der Waals surface area (Å²) in [5, 5.41) is 15.7. The first kappa shape index (κ1) is 57.8. The lowest BCUT2D eigenvalue weighted by Crippen LogP contribution is -2.52. The summed E-state index contributed by atoms with van der Waals surface area (Å²) in [5.74, 6) is 1.33. The number of nitriles is 1. The van der Waals surface area contributed by atoms with Gasteiger partial charge in [0.25, 0.3) is 14.1 Å². The van der Waals surface area contributed by atoms with Gasteiger partial charge in [0.1, 0.15) is 35.3 Å². The number of aromatic amines is 1. The van der Waals surface area contributed by atoms with Crippen molar-refractivity contribution in [3.05, 3.63) is 129 Å². The standard InChI is InChI=1S/C56H81N6O9P/c1-8-9-10-11-12-13-14-15-16-17-18-19-20-24-38-58-54(64)60-51-52(71-72(69-40-25-37-57)62(42(2)3)43(4)5)49(70-53(51)61-39-36-50(63)59-55(61)65)41-68-56(44-26-22-21-23-27-44,45-28-32-47(66-6)33-29-45)46-30-34-48(67-7)35-31-46/h21-23,26-36,39,42-43,49,51-53H,8-20,24-25,38,40-41H2,1-7H3,(H2,58,60,64)(H,59,63,65)/t49-,51-,52-,53-,72?/m1/s1. The van der Waals surface area contributed by atoms with E-state index in [9.17, 15) is 19.6 Å². The molecule has 2 heterocycles. The molecule has 4 aromatic rings. The van der Waals surface area contributed by atoms with E-state index in [0.717, 1.165) is 36.0 Å². The third-order valence-electron chi connectivity index (χ3n) is 13.1. The fourth-order valence-electron chi connectivity index (χ4n) is 9.43. The molecule has 3 N–H and O–H groups in total. The van der Waals surface area contributed by atoms with Crippen LogP contribution in [0.2, 0.25) is 0 Å². The van der Waals surface area contributed by atoms with E-state index in [4.69, 9.17) is 28.0 Å². The van der Waals surface area contributed by atoms with Crippen LogP contribution in [-0.2, 0) is 24.1 Å². The van der Waals surface area contributed by atoms with Gasteiger partial charge < -0.3 is 38.6 Å². The number of nitrogens with one attached hydrogen (secondary N) is 3. The molecule has 1 aliphatic heterocycles. The van der Waals surface area contributed by atoms with Crippen LogP contribution in [0.4, 0.5) is 4.79 Å². The summed E-state index contributed by atoms with van der Waals surface area (Å²) >= 11 is 0. The van der Waals surface area contributed by atoms with Gasteiger partial charge in [-0.25, -0.2) is 14.3 Å². The highest BCUT2D eigenvalue weighted by atomic mass is 31.2. The molecule has 0 bridgehead atoms. The van der Waals surface area contributed by atoms with Gasteiger partial charge in [0.15, 0.2) is 6.23 Å². The molecule has 0 aliphatic carbocycles. The van der Waals surface area contributed by atoms with E-state index < -0.39 is 55.9 Å². The number of hydrogen-bond donors (Lipinski definition) is 3. The zero-order valence-corrected chi connectivity index (χ0v) is 44.7. The molecule has 5 atom stereocenters. The Labute approximate surface area is 429 Å². The number of benzene rings is 3. The van der Waals surface area contributed by atoms with E-state index in [1.807, 2.05) is 107 Å². The Hall–Kier alpha value is -5.07. The first-order chi connectivity index (χ1) is 35.0. The Balaban J connectivity index is 1.46. The molecule has 0 spiro atoms. The average Bonchev–Trinajstić information content (AvgIpc) is 3.70. The summed E-state index contributed by atoms with van der Waals surface area (Å²) in [6.07, 6.45) is 15.6. The molecule has 1 aromatic heterocycles. The van der Waals surface area contributed by atoms with E-state index in [0.29, 0.717) is 18.0 Å². The van der Waals surface area contributed by atoms with E-state index in [-0.39, 0.29) is 31.7 Å². The van der Waals surface area contributed by atoms with E-state index in [2.05, 4.69) is 33.3 Å². The Bertz CT molecular complexity index is 2270. The van der Waals surface area contributed by atoms with Crippen LogP contribution in [0.1, 0.15) is 154 Å².